The fourth-order valence-corrected chi connectivity index (χ4v) is 3.08. The molecule has 0 aliphatic rings. The Morgan fingerprint density at radius 1 is 1.15 bits per heavy atom. The molecule has 0 aromatic heterocycles. The van der Waals surface area contributed by atoms with Crippen molar-refractivity contribution in [2.75, 3.05) is 20.2 Å². The van der Waals surface area contributed by atoms with Crippen LogP contribution in [0.25, 0.3) is 0 Å². The van der Waals surface area contributed by atoms with Gasteiger partial charge in [-0.3, -0.25) is 9.59 Å². The number of amides is 2. The highest BCUT2D eigenvalue weighted by Gasteiger charge is 2.20. The number of carbonyl (C=O) groups excluding carboxylic acids is 2. The van der Waals surface area contributed by atoms with E-state index in [1.165, 1.54) is 4.90 Å². The molecule has 0 bridgehead atoms. The number of hydrogen-bond donors (Lipinski definition) is 1. The number of ether oxygens (including phenoxy) is 1. The molecule has 2 amide bonds. The SMILES string of the molecule is CCOc1ccc(C(=O)NCC(=O)N(C)C(C)c2ccc(Cl)cc2Cl)cc1. The fourth-order valence-electron chi connectivity index (χ4n) is 2.52. The minimum absolute atomic E-state index is 0.113. The highest BCUT2D eigenvalue weighted by molar-refractivity contribution is 6.35. The van der Waals surface area contributed by atoms with Gasteiger partial charge in [-0.05, 0) is 55.8 Å². The standard InChI is InChI=1S/C20H22Cl2N2O3/c1-4-27-16-8-5-14(6-9-16)20(26)23-12-19(25)24(3)13(2)17-10-7-15(21)11-18(17)22/h5-11,13H,4,12H2,1-3H3,(H,23,26). The molecular weight excluding hydrogens is 387 g/mol. The topological polar surface area (TPSA) is 58.6 Å². The third-order valence-corrected chi connectivity index (χ3v) is 4.78. The van der Waals surface area contributed by atoms with Crippen molar-refractivity contribution >= 4 is 35.0 Å². The molecule has 2 aromatic carbocycles. The van der Waals surface area contributed by atoms with Gasteiger partial charge in [-0.15, -0.1) is 0 Å². The average Bonchev–Trinajstić information content (AvgIpc) is 2.65. The van der Waals surface area contributed by atoms with E-state index >= 15 is 0 Å². The number of rotatable bonds is 7. The normalized spacial score (nSPS) is 11.6. The summed E-state index contributed by atoms with van der Waals surface area (Å²) in [6, 6.07) is 11.7. The number of hydrogen-bond acceptors (Lipinski definition) is 3. The van der Waals surface area contributed by atoms with Crippen molar-refractivity contribution in [3.63, 3.8) is 0 Å². The number of nitrogens with one attached hydrogen (secondary N) is 1. The van der Waals surface area contributed by atoms with E-state index in [0.29, 0.717) is 28.0 Å². The van der Waals surface area contributed by atoms with Crippen LogP contribution in [0, 0.1) is 0 Å². The van der Waals surface area contributed by atoms with Gasteiger partial charge in [0.15, 0.2) is 0 Å². The van der Waals surface area contributed by atoms with Gasteiger partial charge < -0.3 is 15.0 Å². The van der Waals surface area contributed by atoms with Crippen LogP contribution in [0.4, 0.5) is 0 Å². The second-order valence-corrected chi connectivity index (χ2v) is 6.83. The predicted octanol–water partition coefficient (Wildman–Crippen LogP) is 4.34. The van der Waals surface area contributed by atoms with Gasteiger partial charge >= 0.3 is 0 Å². The molecule has 0 aliphatic heterocycles. The molecule has 0 saturated heterocycles. The molecule has 2 rings (SSSR count). The average molecular weight is 409 g/mol. The first-order valence-corrected chi connectivity index (χ1v) is 9.30. The van der Waals surface area contributed by atoms with Crippen molar-refractivity contribution in [3.8, 4) is 5.75 Å². The summed E-state index contributed by atoms with van der Waals surface area (Å²) in [5.41, 5.74) is 1.25. The highest BCUT2D eigenvalue weighted by atomic mass is 35.5. The maximum Gasteiger partial charge on any atom is 0.251 e. The molecule has 27 heavy (non-hydrogen) atoms. The first-order chi connectivity index (χ1) is 12.8. The van der Waals surface area contributed by atoms with Gasteiger partial charge in [0.1, 0.15) is 5.75 Å². The Morgan fingerprint density at radius 2 is 1.81 bits per heavy atom. The van der Waals surface area contributed by atoms with E-state index in [1.807, 2.05) is 13.8 Å². The maximum absolute atomic E-state index is 12.4. The van der Waals surface area contributed by atoms with Gasteiger partial charge in [0.05, 0.1) is 19.2 Å². The van der Waals surface area contributed by atoms with Gasteiger partial charge in [-0.25, -0.2) is 0 Å². The first kappa shape index (κ1) is 21.1. The van der Waals surface area contributed by atoms with E-state index in [1.54, 1.807) is 49.5 Å². The molecule has 1 atom stereocenters. The quantitative estimate of drug-likeness (QED) is 0.740. The highest BCUT2D eigenvalue weighted by Crippen LogP contribution is 2.29. The second kappa shape index (κ2) is 9.62. The van der Waals surface area contributed by atoms with E-state index in [2.05, 4.69) is 5.32 Å². The lowest BCUT2D eigenvalue weighted by atomic mass is 10.1. The van der Waals surface area contributed by atoms with E-state index in [9.17, 15) is 9.59 Å². The van der Waals surface area contributed by atoms with Gasteiger partial charge in [0.2, 0.25) is 5.91 Å². The summed E-state index contributed by atoms with van der Waals surface area (Å²) >= 11 is 12.1. The van der Waals surface area contributed by atoms with E-state index in [-0.39, 0.29) is 24.4 Å². The minimum Gasteiger partial charge on any atom is -0.494 e. The summed E-state index contributed by atoms with van der Waals surface area (Å²) in [5.74, 6) is 0.142. The van der Waals surface area contributed by atoms with E-state index in [4.69, 9.17) is 27.9 Å². The zero-order valence-electron chi connectivity index (χ0n) is 15.5. The van der Waals surface area contributed by atoms with Crippen molar-refractivity contribution in [1.29, 1.82) is 0 Å². The summed E-state index contributed by atoms with van der Waals surface area (Å²) in [7, 11) is 1.67. The second-order valence-electron chi connectivity index (χ2n) is 5.99. The summed E-state index contributed by atoms with van der Waals surface area (Å²) < 4.78 is 5.34. The Hall–Kier alpha value is -2.24. The molecule has 1 unspecified atom stereocenters. The molecule has 0 spiro atoms. The monoisotopic (exact) mass is 408 g/mol. The maximum atomic E-state index is 12.4. The molecule has 1 N–H and O–H groups in total. The molecular formula is C20H22Cl2N2O3. The van der Waals surface area contributed by atoms with Crippen LogP contribution in [0.15, 0.2) is 42.5 Å². The first-order valence-electron chi connectivity index (χ1n) is 8.55. The summed E-state index contributed by atoms with van der Waals surface area (Å²) in [6.45, 7) is 4.20. The van der Waals surface area contributed by atoms with E-state index < -0.39 is 0 Å². The lowest BCUT2D eigenvalue weighted by Crippen LogP contribution is -2.39. The van der Waals surface area contributed by atoms with Crippen molar-refractivity contribution < 1.29 is 14.3 Å². The van der Waals surface area contributed by atoms with Crippen LogP contribution < -0.4 is 10.1 Å². The predicted molar refractivity (Wildman–Crippen MR) is 108 cm³/mol. The zero-order chi connectivity index (χ0) is 20.0. The fraction of sp³-hybridized carbons (Fsp3) is 0.300. The van der Waals surface area contributed by atoms with Crippen molar-refractivity contribution in [1.82, 2.24) is 10.2 Å². The Kier molecular flexibility index (Phi) is 7.51. The third-order valence-electron chi connectivity index (χ3n) is 4.21. The Labute approximate surface area is 169 Å². The summed E-state index contributed by atoms with van der Waals surface area (Å²) in [4.78, 5) is 26.2. The Balaban J connectivity index is 1.94. The van der Waals surface area contributed by atoms with Crippen LogP contribution in [-0.2, 0) is 4.79 Å². The number of likely N-dealkylation sites (N-methyl/N-ethyl adjacent to an activating group) is 1. The molecule has 0 aliphatic carbocycles. The molecule has 144 valence electrons. The summed E-state index contributed by atoms with van der Waals surface area (Å²) in [6.07, 6.45) is 0. The zero-order valence-corrected chi connectivity index (χ0v) is 17.0. The summed E-state index contributed by atoms with van der Waals surface area (Å²) in [5, 5.41) is 3.66. The van der Waals surface area contributed by atoms with Crippen LogP contribution in [0.5, 0.6) is 5.75 Å². The van der Waals surface area contributed by atoms with Gasteiger partial charge in [0.25, 0.3) is 5.91 Å². The van der Waals surface area contributed by atoms with Crippen molar-refractivity contribution in [2.24, 2.45) is 0 Å². The van der Waals surface area contributed by atoms with Crippen molar-refractivity contribution in [2.45, 2.75) is 19.9 Å². The van der Waals surface area contributed by atoms with Gasteiger partial charge in [-0.2, -0.15) is 0 Å². The molecule has 0 heterocycles. The van der Waals surface area contributed by atoms with Crippen LogP contribution in [0.2, 0.25) is 10.0 Å². The van der Waals surface area contributed by atoms with Crippen LogP contribution in [0.1, 0.15) is 35.8 Å². The van der Waals surface area contributed by atoms with Crippen LogP contribution in [-0.4, -0.2) is 36.9 Å². The van der Waals surface area contributed by atoms with Gasteiger partial charge in [-0.1, -0.05) is 29.3 Å². The number of benzene rings is 2. The lowest BCUT2D eigenvalue weighted by Gasteiger charge is -2.26. The van der Waals surface area contributed by atoms with Crippen molar-refractivity contribution in [3.05, 3.63) is 63.6 Å². The van der Waals surface area contributed by atoms with E-state index in [0.717, 1.165) is 5.56 Å². The lowest BCUT2D eigenvalue weighted by molar-refractivity contribution is -0.130. The molecule has 0 radical (unpaired) electrons. The molecule has 0 fully saturated rings. The number of halogens is 2. The Bertz CT molecular complexity index is 809. The number of nitrogens with zero attached hydrogens (tertiary/aromatic N) is 1. The Morgan fingerprint density at radius 3 is 2.41 bits per heavy atom. The van der Waals surface area contributed by atoms with Gasteiger partial charge in [0, 0.05) is 22.7 Å². The third kappa shape index (κ3) is 5.62. The molecule has 5 nitrogen and oxygen atoms in total. The molecule has 7 heteroatoms. The molecule has 2 aromatic rings. The smallest absolute Gasteiger partial charge is 0.251 e. The van der Waals surface area contributed by atoms with Crippen LogP contribution >= 0.6 is 23.2 Å². The number of carbonyl (C=O) groups is 2. The largest absolute Gasteiger partial charge is 0.494 e. The molecule has 0 saturated carbocycles. The van der Waals surface area contributed by atoms with Crippen LogP contribution in [0.3, 0.4) is 0 Å². The minimum atomic E-state index is -0.322.